The Kier molecular flexibility index (Phi) is 6.82. The number of benzene rings is 1. The van der Waals surface area contributed by atoms with E-state index >= 15 is 0 Å². The molecule has 146 valence electrons. The zero-order valence-electron chi connectivity index (χ0n) is 16.0. The number of nitrogens with zero attached hydrogens (tertiary/aromatic N) is 1. The maximum atomic E-state index is 13.0. The monoisotopic (exact) mass is 381 g/mol. The molecular weight excluding hydrogens is 350 g/mol. The van der Waals surface area contributed by atoms with Crippen LogP contribution in [0.2, 0.25) is 0 Å². The normalized spacial score (nSPS) is 19.3. The number of nitrogens with one attached hydrogen (secondary N) is 1. The Labute approximate surface area is 157 Å². The molecule has 0 aliphatic carbocycles. The minimum Gasteiger partial charge on any atom is -0.350 e. The fourth-order valence-electron chi connectivity index (χ4n) is 3.22. The molecular formula is C19H31N3O3S. The van der Waals surface area contributed by atoms with Crippen LogP contribution in [0.25, 0.3) is 0 Å². The van der Waals surface area contributed by atoms with Crippen LogP contribution >= 0.6 is 0 Å². The standard InChI is InChI=1S/C19H31N3O3S/c1-4-19(20,5-2)14-21-18(23)16-10-8-11-17(13-16)26(24,25)22-12-7-6-9-15(22)3/h8,10-11,13,15H,4-7,9,12,14,20H2,1-3H3,(H,21,23). The molecule has 1 aliphatic heterocycles. The first-order valence-corrected chi connectivity index (χ1v) is 10.9. The van der Waals surface area contributed by atoms with Gasteiger partial charge in [-0.05, 0) is 50.8 Å². The van der Waals surface area contributed by atoms with Gasteiger partial charge in [-0.1, -0.05) is 26.3 Å². The maximum absolute atomic E-state index is 13.0. The van der Waals surface area contributed by atoms with Crippen LogP contribution < -0.4 is 11.1 Å². The molecule has 1 aromatic carbocycles. The number of sulfonamides is 1. The molecule has 1 atom stereocenters. The fraction of sp³-hybridized carbons (Fsp3) is 0.632. The van der Waals surface area contributed by atoms with Crippen molar-refractivity contribution in [3.63, 3.8) is 0 Å². The lowest BCUT2D eigenvalue weighted by atomic mass is 9.94. The van der Waals surface area contributed by atoms with E-state index in [-0.39, 0.29) is 16.8 Å². The van der Waals surface area contributed by atoms with Crippen molar-refractivity contribution in [2.75, 3.05) is 13.1 Å². The van der Waals surface area contributed by atoms with Gasteiger partial charge in [-0.15, -0.1) is 0 Å². The summed E-state index contributed by atoms with van der Waals surface area (Å²) < 4.78 is 27.5. The number of carbonyl (C=O) groups excluding carboxylic acids is 1. The third-order valence-electron chi connectivity index (χ3n) is 5.45. The summed E-state index contributed by atoms with van der Waals surface area (Å²) in [7, 11) is -3.59. The van der Waals surface area contributed by atoms with E-state index in [9.17, 15) is 13.2 Å². The zero-order chi connectivity index (χ0) is 19.4. The maximum Gasteiger partial charge on any atom is 0.251 e. The molecule has 0 radical (unpaired) electrons. The van der Waals surface area contributed by atoms with Gasteiger partial charge in [0.1, 0.15) is 0 Å². The number of nitrogens with two attached hydrogens (primary N) is 1. The van der Waals surface area contributed by atoms with Gasteiger partial charge in [0.2, 0.25) is 10.0 Å². The third kappa shape index (κ3) is 4.64. The van der Waals surface area contributed by atoms with E-state index in [0.717, 1.165) is 32.1 Å². The number of hydrogen-bond acceptors (Lipinski definition) is 4. The summed E-state index contributed by atoms with van der Waals surface area (Å²) in [6.45, 7) is 6.80. The van der Waals surface area contributed by atoms with Crippen LogP contribution in [0.3, 0.4) is 0 Å². The number of rotatable bonds is 7. The van der Waals surface area contributed by atoms with E-state index in [0.29, 0.717) is 18.7 Å². The van der Waals surface area contributed by atoms with Crippen molar-refractivity contribution in [3.8, 4) is 0 Å². The lowest BCUT2D eigenvalue weighted by Crippen LogP contribution is -2.49. The van der Waals surface area contributed by atoms with E-state index in [4.69, 9.17) is 5.73 Å². The van der Waals surface area contributed by atoms with Crippen molar-refractivity contribution in [2.24, 2.45) is 5.73 Å². The van der Waals surface area contributed by atoms with Crippen LogP contribution in [0.1, 0.15) is 63.2 Å². The van der Waals surface area contributed by atoms with Gasteiger partial charge in [0, 0.05) is 30.2 Å². The average molecular weight is 382 g/mol. The van der Waals surface area contributed by atoms with E-state index in [1.807, 2.05) is 20.8 Å². The number of hydrogen-bond donors (Lipinski definition) is 2. The van der Waals surface area contributed by atoms with Crippen molar-refractivity contribution in [1.29, 1.82) is 0 Å². The van der Waals surface area contributed by atoms with E-state index in [1.165, 1.54) is 6.07 Å². The van der Waals surface area contributed by atoms with Gasteiger partial charge in [-0.2, -0.15) is 4.31 Å². The minimum absolute atomic E-state index is 0.0156. The van der Waals surface area contributed by atoms with E-state index in [1.54, 1.807) is 22.5 Å². The first-order valence-electron chi connectivity index (χ1n) is 9.42. The molecule has 1 amide bonds. The second-order valence-corrected chi connectivity index (χ2v) is 9.13. The molecule has 7 heteroatoms. The lowest BCUT2D eigenvalue weighted by molar-refractivity contribution is 0.0942. The summed E-state index contributed by atoms with van der Waals surface area (Å²) in [4.78, 5) is 12.6. The fourth-order valence-corrected chi connectivity index (χ4v) is 4.97. The Hall–Kier alpha value is -1.44. The second-order valence-electron chi connectivity index (χ2n) is 7.24. The van der Waals surface area contributed by atoms with Gasteiger partial charge in [-0.3, -0.25) is 4.79 Å². The Morgan fingerprint density at radius 2 is 2.00 bits per heavy atom. The van der Waals surface area contributed by atoms with Crippen LogP contribution in [-0.2, 0) is 10.0 Å². The largest absolute Gasteiger partial charge is 0.350 e. The zero-order valence-corrected chi connectivity index (χ0v) is 16.8. The molecule has 26 heavy (non-hydrogen) atoms. The van der Waals surface area contributed by atoms with E-state index < -0.39 is 15.6 Å². The highest BCUT2D eigenvalue weighted by atomic mass is 32.2. The summed E-state index contributed by atoms with van der Waals surface area (Å²) in [5.41, 5.74) is 6.11. The van der Waals surface area contributed by atoms with E-state index in [2.05, 4.69) is 5.32 Å². The van der Waals surface area contributed by atoms with Gasteiger partial charge in [0.15, 0.2) is 0 Å². The number of carbonyl (C=O) groups is 1. The van der Waals surface area contributed by atoms with Crippen molar-refractivity contribution in [3.05, 3.63) is 29.8 Å². The van der Waals surface area contributed by atoms with Crippen LogP contribution in [0, 0.1) is 0 Å². The molecule has 0 saturated carbocycles. The molecule has 6 nitrogen and oxygen atoms in total. The minimum atomic E-state index is -3.59. The molecule has 1 heterocycles. The quantitative estimate of drug-likeness (QED) is 0.759. The molecule has 3 N–H and O–H groups in total. The Balaban J connectivity index is 2.18. The second kappa shape index (κ2) is 8.50. The van der Waals surface area contributed by atoms with Crippen molar-refractivity contribution >= 4 is 15.9 Å². The molecule has 1 unspecified atom stereocenters. The molecule has 1 saturated heterocycles. The van der Waals surface area contributed by atoms with Crippen molar-refractivity contribution < 1.29 is 13.2 Å². The van der Waals surface area contributed by atoms with Crippen LogP contribution in [-0.4, -0.2) is 43.3 Å². The molecule has 1 fully saturated rings. The van der Waals surface area contributed by atoms with Crippen LogP contribution in [0.5, 0.6) is 0 Å². The molecule has 1 aromatic rings. The molecule has 0 spiro atoms. The summed E-state index contributed by atoms with van der Waals surface area (Å²) in [5, 5.41) is 2.84. The molecule has 2 rings (SSSR count). The van der Waals surface area contributed by atoms with Crippen LogP contribution in [0.4, 0.5) is 0 Å². The highest BCUT2D eigenvalue weighted by Gasteiger charge is 2.31. The van der Waals surface area contributed by atoms with Gasteiger partial charge in [-0.25, -0.2) is 8.42 Å². The van der Waals surface area contributed by atoms with Crippen molar-refractivity contribution in [2.45, 2.75) is 69.4 Å². The van der Waals surface area contributed by atoms with Gasteiger partial charge in [0.25, 0.3) is 5.91 Å². The SMILES string of the molecule is CCC(N)(CC)CNC(=O)c1cccc(S(=O)(=O)N2CCCCC2C)c1. The van der Waals surface area contributed by atoms with Crippen molar-refractivity contribution in [1.82, 2.24) is 9.62 Å². The van der Waals surface area contributed by atoms with Gasteiger partial charge >= 0.3 is 0 Å². The molecule has 0 bridgehead atoms. The summed E-state index contributed by atoms with van der Waals surface area (Å²) in [5.74, 6) is -0.300. The predicted molar refractivity (Wildman–Crippen MR) is 103 cm³/mol. The van der Waals surface area contributed by atoms with Gasteiger partial charge < -0.3 is 11.1 Å². The Bertz CT molecular complexity index is 729. The molecule has 0 aromatic heterocycles. The van der Waals surface area contributed by atoms with Crippen LogP contribution in [0.15, 0.2) is 29.2 Å². The molecule has 1 aliphatic rings. The first-order chi connectivity index (χ1) is 12.2. The summed E-state index contributed by atoms with van der Waals surface area (Å²) >= 11 is 0. The lowest BCUT2D eigenvalue weighted by Gasteiger charge is -2.32. The Morgan fingerprint density at radius 3 is 2.62 bits per heavy atom. The third-order valence-corrected chi connectivity index (χ3v) is 7.46. The number of piperidine rings is 1. The summed E-state index contributed by atoms with van der Waals surface area (Å²) in [6, 6.07) is 6.25. The first kappa shape index (κ1) is 20.9. The smallest absolute Gasteiger partial charge is 0.251 e. The highest BCUT2D eigenvalue weighted by molar-refractivity contribution is 7.89. The average Bonchev–Trinajstić information content (AvgIpc) is 2.66. The summed E-state index contributed by atoms with van der Waals surface area (Å²) in [6.07, 6.45) is 4.30. The Morgan fingerprint density at radius 1 is 1.31 bits per heavy atom. The topological polar surface area (TPSA) is 92.5 Å². The number of amides is 1. The van der Waals surface area contributed by atoms with Gasteiger partial charge in [0.05, 0.1) is 4.90 Å². The highest BCUT2D eigenvalue weighted by Crippen LogP contribution is 2.25. The predicted octanol–water partition coefficient (Wildman–Crippen LogP) is 2.50.